The molecule has 6 rings (SSSR count). The zero-order valence-corrected chi connectivity index (χ0v) is 24.1. The minimum atomic E-state index is -0.0543. The fraction of sp³-hybridized carbons (Fsp3) is 0.172. The van der Waals surface area contributed by atoms with Gasteiger partial charge in [0.2, 0.25) is 4.96 Å². The van der Waals surface area contributed by atoms with E-state index in [0.29, 0.717) is 50.8 Å². The molecule has 4 heterocycles. The first kappa shape index (κ1) is 26.5. The topological polar surface area (TPSA) is 104 Å². The number of ether oxygens (including phenoxy) is 3. The maximum Gasteiger partial charge on any atom is 0.294 e. The second-order valence-electron chi connectivity index (χ2n) is 9.06. The number of methoxy groups -OCH3 is 2. The summed E-state index contributed by atoms with van der Waals surface area (Å²) in [6.07, 6.45) is 3.49. The minimum absolute atomic E-state index is 0.0543. The van der Waals surface area contributed by atoms with Gasteiger partial charge < -0.3 is 23.5 Å². The van der Waals surface area contributed by atoms with Gasteiger partial charge in [0.05, 0.1) is 31.5 Å². The van der Waals surface area contributed by atoms with Crippen LogP contribution in [0.1, 0.15) is 16.1 Å². The largest absolute Gasteiger partial charge is 0.496 e. The molecule has 0 saturated carbocycles. The SMILES string of the molecule is C=CCN(C)C(=O)c1ccc(-c2nc(COc3cc(OC)cc4oc(-c5cn6nc(OC)sc6n5)cc34)cs2)cc1. The van der Waals surface area contributed by atoms with Gasteiger partial charge in [0.25, 0.3) is 11.1 Å². The molecule has 0 atom stereocenters. The first-order valence-corrected chi connectivity index (χ1v) is 14.2. The summed E-state index contributed by atoms with van der Waals surface area (Å²) in [5.41, 5.74) is 3.59. The third-order valence-electron chi connectivity index (χ3n) is 6.32. The second kappa shape index (κ2) is 11.1. The highest BCUT2D eigenvalue weighted by Crippen LogP contribution is 2.38. The van der Waals surface area contributed by atoms with Gasteiger partial charge in [-0.25, -0.2) is 14.5 Å². The number of rotatable bonds is 10. The summed E-state index contributed by atoms with van der Waals surface area (Å²) in [6, 6.07) is 13.0. The first-order chi connectivity index (χ1) is 19.9. The van der Waals surface area contributed by atoms with E-state index < -0.39 is 0 Å². The Morgan fingerprint density at radius 2 is 1.98 bits per heavy atom. The number of carbonyl (C=O) groups is 1. The Kier molecular flexibility index (Phi) is 7.16. The van der Waals surface area contributed by atoms with Crippen molar-refractivity contribution in [2.24, 2.45) is 0 Å². The van der Waals surface area contributed by atoms with Gasteiger partial charge in [0, 0.05) is 42.2 Å². The van der Waals surface area contributed by atoms with Crippen molar-refractivity contribution in [1.29, 1.82) is 0 Å². The number of imidazole rings is 1. The molecule has 0 N–H and O–H groups in total. The number of nitrogens with zero attached hydrogens (tertiary/aromatic N) is 5. The standard InChI is InChI=1S/C29H25N5O5S2/c1-5-10-33(2)27(35)18-8-6-17(7-9-18)26-30-19(16-40-26)15-38-23-11-20(36-3)12-24-21(23)13-25(39-24)22-14-34-28(31-22)41-29(32-34)37-4/h5-9,11-14,16H,1,10,15H2,2-4H3. The highest BCUT2D eigenvalue weighted by Gasteiger charge is 2.18. The Labute approximate surface area is 243 Å². The van der Waals surface area contributed by atoms with E-state index in [1.165, 1.54) is 22.7 Å². The maximum atomic E-state index is 12.5. The normalized spacial score (nSPS) is 11.2. The Balaban J connectivity index is 1.20. The number of aromatic nitrogens is 4. The van der Waals surface area contributed by atoms with E-state index in [4.69, 9.17) is 23.6 Å². The van der Waals surface area contributed by atoms with Gasteiger partial charge in [-0.2, -0.15) is 0 Å². The van der Waals surface area contributed by atoms with E-state index in [-0.39, 0.29) is 12.5 Å². The third kappa shape index (κ3) is 5.26. The quantitative estimate of drug-likeness (QED) is 0.175. The number of fused-ring (bicyclic) bond motifs is 2. The summed E-state index contributed by atoms with van der Waals surface area (Å²) in [6.45, 7) is 4.43. The van der Waals surface area contributed by atoms with Crippen LogP contribution in [0.25, 0.3) is 38.0 Å². The Bertz CT molecular complexity index is 1840. The van der Waals surface area contributed by atoms with Gasteiger partial charge in [0.1, 0.15) is 34.4 Å². The summed E-state index contributed by atoms with van der Waals surface area (Å²) in [7, 11) is 4.92. The molecule has 0 radical (unpaired) electrons. The zero-order valence-electron chi connectivity index (χ0n) is 22.5. The molecule has 0 unspecified atom stereocenters. The van der Waals surface area contributed by atoms with E-state index >= 15 is 0 Å². The van der Waals surface area contributed by atoms with E-state index in [1.54, 1.807) is 43.0 Å². The average molecular weight is 588 g/mol. The maximum absolute atomic E-state index is 12.5. The lowest BCUT2D eigenvalue weighted by Gasteiger charge is -2.14. The molecule has 0 aliphatic rings. The van der Waals surface area contributed by atoms with Crippen LogP contribution in [0.15, 0.2) is 71.1 Å². The fourth-order valence-electron chi connectivity index (χ4n) is 4.24. The zero-order chi connectivity index (χ0) is 28.5. The molecule has 41 heavy (non-hydrogen) atoms. The Hall–Kier alpha value is -4.68. The van der Waals surface area contributed by atoms with Gasteiger partial charge in [-0.15, -0.1) is 23.0 Å². The van der Waals surface area contributed by atoms with Crippen LogP contribution in [0.4, 0.5) is 0 Å². The van der Waals surface area contributed by atoms with Crippen LogP contribution in [0.5, 0.6) is 16.7 Å². The number of carbonyl (C=O) groups excluding carboxylic acids is 1. The van der Waals surface area contributed by atoms with Crippen molar-refractivity contribution >= 4 is 44.5 Å². The molecule has 0 aliphatic heterocycles. The highest BCUT2D eigenvalue weighted by molar-refractivity contribution is 7.18. The summed E-state index contributed by atoms with van der Waals surface area (Å²) in [5, 5.41) is 8.46. The molecule has 6 aromatic rings. The van der Waals surface area contributed by atoms with Gasteiger partial charge in [-0.05, 0) is 29.5 Å². The molecule has 0 saturated heterocycles. The molecule has 0 fully saturated rings. The number of likely N-dealkylation sites (N-methyl/N-ethyl adjacent to an activating group) is 1. The molecule has 0 bridgehead atoms. The van der Waals surface area contributed by atoms with Crippen molar-refractivity contribution in [2.75, 3.05) is 27.8 Å². The van der Waals surface area contributed by atoms with Crippen molar-refractivity contribution in [3.8, 4) is 38.7 Å². The number of benzene rings is 2. The van der Waals surface area contributed by atoms with Crippen LogP contribution in [-0.4, -0.2) is 58.2 Å². The van der Waals surface area contributed by atoms with Crippen LogP contribution in [0.3, 0.4) is 0 Å². The molecular weight excluding hydrogens is 562 g/mol. The highest BCUT2D eigenvalue weighted by atomic mass is 32.1. The van der Waals surface area contributed by atoms with Crippen LogP contribution in [0, 0.1) is 0 Å². The number of hydrogen-bond donors (Lipinski definition) is 0. The van der Waals surface area contributed by atoms with Crippen molar-refractivity contribution in [2.45, 2.75) is 6.61 Å². The number of furan rings is 1. The molecule has 1 amide bonds. The summed E-state index contributed by atoms with van der Waals surface area (Å²) >= 11 is 2.86. The molecule has 0 aliphatic carbocycles. The Morgan fingerprint density at radius 1 is 1.15 bits per heavy atom. The smallest absolute Gasteiger partial charge is 0.294 e. The van der Waals surface area contributed by atoms with E-state index in [0.717, 1.165) is 21.7 Å². The molecular formula is C29H25N5O5S2. The number of thiazole rings is 1. The van der Waals surface area contributed by atoms with Crippen LogP contribution >= 0.6 is 22.7 Å². The Morgan fingerprint density at radius 3 is 2.71 bits per heavy atom. The predicted octanol–water partition coefficient (Wildman–Crippen LogP) is 6.18. The van der Waals surface area contributed by atoms with Crippen molar-refractivity contribution in [3.05, 3.63) is 78.0 Å². The van der Waals surface area contributed by atoms with Gasteiger partial charge >= 0.3 is 0 Å². The molecule has 208 valence electrons. The third-order valence-corrected chi connectivity index (χ3v) is 8.14. The van der Waals surface area contributed by atoms with Gasteiger partial charge in [0.15, 0.2) is 5.76 Å². The van der Waals surface area contributed by atoms with Gasteiger partial charge in [-0.1, -0.05) is 18.2 Å². The summed E-state index contributed by atoms with van der Waals surface area (Å²) in [4.78, 5) is 24.2. The van der Waals surface area contributed by atoms with E-state index in [1.807, 2.05) is 47.8 Å². The number of hydrogen-bond acceptors (Lipinski definition) is 10. The first-order valence-electron chi connectivity index (χ1n) is 12.5. The molecule has 10 nitrogen and oxygen atoms in total. The summed E-state index contributed by atoms with van der Waals surface area (Å²) in [5.74, 6) is 1.75. The van der Waals surface area contributed by atoms with Crippen LogP contribution < -0.4 is 14.2 Å². The van der Waals surface area contributed by atoms with E-state index in [2.05, 4.69) is 16.7 Å². The average Bonchev–Trinajstić information content (AvgIpc) is 3.78. The molecule has 0 spiro atoms. The lowest BCUT2D eigenvalue weighted by molar-refractivity contribution is 0.0810. The van der Waals surface area contributed by atoms with Crippen molar-refractivity contribution in [3.63, 3.8) is 0 Å². The minimum Gasteiger partial charge on any atom is -0.496 e. The monoisotopic (exact) mass is 587 g/mol. The van der Waals surface area contributed by atoms with Crippen molar-refractivity contribution in [1.82, 2.24) is 24.5 Å². The molecule has 12 heteroatoms. The van der Waals surface area contributed by atoms with Crippen LogP contribution in [0.2, 0.25) is 0 Å². The lowest BCUT2D eigenvalue weighted by atomic mass is 10.1. The second-order valence-corrected chi connectivity index (χ2v) is 10.8. The predicted molar refractivity (Wildman–Crippen MR) is 158 cm³/mol. The van der Waals surface area contributed by atoms with E-state index in [9.17, 15) is 4.79 Å². The fourth-order valence-corrected chi connectivity index (χ4v) is 5.75. The van der Waals surface area contributed by atoms with Crippen molar-refractivity contribution < 1.29 is 23.4 Å². The molecule has 2 aromatic carbocycles. The van der Waals surface area contributed by atoms with Crippen LogP contribution in [-0.2, 0) is 6.61 Å². The van der Waals surface area contributed by atoms with Gasteiger partial charge in [-0.3, -0.25) is 4.79 Å². The molecule has 4 aromatic heterocycles. The summed E-state index contributed by atoms with van der Waals surface area (Å²) < 4.78 is 24.7. The number of amides is 1. The lowest BCUT2D eigenvalue weighted by Crippen LogP contribution is -2.26.